The van der Waals surface area contributed by atoms with Gasteiger partial charge in [0.2, 0.25) is 0 Å². The second-order valence-electron chi connectivity index (χ2n) is 3.99. The highest BCUT2D eigenvalue weighted by atomic mass is 16.5. The fraction of sp³-hybridized carbons (Fsp3) is 0.364. The highest BCUT2D eigenvalue weighted by Crippen LogP contribution is 2.32. The number of hydrogen-bond acceptors (Lipinski definition) is 4. The Morgan fingerprint density at radius 3 is 3.07 bits per heavy atom. The maximum atomic E-state index is 10.4. The minimum Gasteiger partial charge on any atom is -0.382 e. The second-order valence-corrected chi connectivity index (χ2v) is 3.99. The average molecular weight is 204 g/mol. The van der Waals surface area contributed by atoms with Crippen molar-refractivity contribution in [1.29, 1.82) is 0 Å². The van der Waals surface area contributed by atoms with Crippen LogP contribution in [0.4, 0.5) is 0 Å². The van der Waals surface area contributed by atoms with Crippen molar-refractivity contribution in [3.8, 4) is 0 Å². The first-order chi connectivity index (χ1) is 7.30. The van der Waals surface area contributed by atoms with Crippen LogP contribution < -0.4 is 5.32 Å². The maximum absolute atomic E-state index is 10.4. The van der Waals surface area contributed by atoms with E-state index in [2.05, 4.69) is 10.5 Å². The first kappa shape index (κ1) is 8.88. The summed E-state index contributed by atoms with van der Waals surface area (Å²) in [4.78, 5) is 0. The Labute approximate surface area is 86.9 Å². The third-order valence-corrected chi connectivity index (χ3v) is 2.95. The van der Waals surface area contributed by atoms with Crippen LogP contribution in [-0.4, -0.2) is 23.4 Å². The van der Waals surface area contributed by atoms with E-state index in [4.69, 9.17) is 4.52 Å². The Kier molecular flexibility index (Phi) is 1.81. The third kappa shape index (κ3) is 1.26. The molecule has 1 aliphatic rings. The summed E-state index contributed by atoms with van der Waals surface area (Å²) in [6.45, 7) is 1.36. The monoisotopic (exact) mass is 204 g/mol. The molecule has 1 saturated heterocycles. The van der Waals surface area contributed by atoms with E-state index in [1.54, 1.807) is 0 Å². The minimum atomic E-state index is -0.868. The third-order valence-electron chi connectivity index (χ3n) is 2.95. The zero-order chi connectivity index (χ0) is 10.3. The summed E-state index contributed by atoms with van der Waals surface area (Å²) in [6, 6.07) is 7.61. The number of aliphatic hydroxyl groups is 1. The van der Waals surface area contributed by atoms with E-state index in [1.165, 1.54) is 0 Å². The maximum Gasteiger partial charge on any atom is 0.167 e. The molecule has 1 aromatic heterocycles. The Morgan fingerprint density at radius 2 is 2.27 bits per heavy atom. The van der Waals surface area contributed by atoms with Gasteiger partial charge in [-0.15, -0.1) is 0 Å². The van der Waals surface area contributed by atoms with E-state index in [-0.39, 0.29) is 0 Å². The molecule has 0 aliphatic carbocycles. The second kappa shape index (κ2) is 3.05. The van der Waals surface area contributed by atoms with E-state index in [0.717, 1.165) is 17.5 Å². The van der Waals surface area contributed by atoms with Crippen molar-refractivity contribution in [2.45, 2.75) is 12.0 Å². The molecule has 1 atom stereocenters. The molecule has 1 aliphatic heterocycles. The summed E-state index contributed by atoms with van der Waals surface area (Å²) < 4.78 is 5.19. The molecule has 1 fully saturated rings. The van der Waals surface area contributed by atoms with Crippen LogP contribution in [0.1, 0.15) is 12.1 Å². The van der Waals surface area contributed by atoms with Gasteiger partial charge < -0.3 is 14.9 Å². The molecule has 2 heterocycles. The van der Waals surface area contributed by atoms with E-state index in [0.29, 0.717) is 18.7 Å². The minimum absolute atomic E-state index is 0.545. The molecule has 2 N–H and O–H groups in total. The molecule has 4 nitrogen and oxygen atoms in total. The SMILES string of the molecule is OC1(c2noc3ccccc23)CCNC1. The van der Waals surface area contributed by atoms with Crippen molar-refractivity contribution < 1.29 is 9.63 Å². The van der Waals surface area contributed by atoms with Crippen molar-refractivity contribution in [1.82, 2.24) is 10.5 Å². The van der Waals surface area contributed by atoms with Gasteiger partial charge in [-0.3, -0.25) is 0 Å². The number of benzene rings is 1. The molecule has 78 valence electrons. The molecule has 0 amide bonds. The van der Waals surface area contributed by atoms with Gasteiger partial charge in [0.1, 0.15) is 11.3 Å². The summed E-state index contributed by atoms with van der Waals surface area (Å²) in [5, 5.41) is 18.4. The fourth-order valence-electron chi connectivity index (χ4n) is 2.10. The number of aromatic nitrogens is 1. The Bertz CT molecular complexity index is 486. The molecular formula is C11H12N2O2. The lowest BCUT2D eigenvalue weighted by atomic mass is 9.96. The van der Waals surface area contributed by atoms with Crippen LogP contribution >= 0.6 is 0 Å². The summed E-state index contributed by atoms with van der Waals surface area (Å²) in [6.07, 6.45) is 0.684. The van der Waals surface area contributed by atoms with Crippen molar-refractivity contribution in [2.75, 3.05) is 13.1 Å². The standard InChI is InChI=1S/C11H12N2O2/c14-11(5-6-12-7-11)10-8-3-1-2-4-9(8)15-13-10/h1-4,12,14H,5-7H2. The average Bonchev–Trinajstić information content (AvgIpc) is 2.84. The molecular weight excluding hydrogens is 192 g/mol. The Morgan fingerprint density at radius 1 is 1.40 bits per heavy atom. The van der Waals surface area contributed by atoms with Crippen LogP contribution in [-0.2, 0) is 5.60 Å². The van der Waals surface area contributed by atoms with Crippen LogP contribution in [0.15, 0.2) is 28.8 Å². The van der Waals surface area contributed by atoms with E-state index < -0.39 is 5.60 Å². The van der Waals surface area contributed by atoms with Gasteiger partial charge in [-0.1, -0.05) is 17.3 Å². The topological polar surface area (TPSA) is 58.3 Å². The molecule has 0 spiro atoms. The number of rotatable bonds is 1. The van der Waals surface area contributed by atoms with E-state index in [1.807, 2.05) is 24.3 Å². The molecule has 15 heavy (non-hydrogen) atoms. The number of nitrogens with zero attached hydrogens (tertiary/aromatic N) is 1. The number of para-hydroxylation sites is 1. The Hall–Kier alpha value is -1.39. The van der Waals surface area contributed by atoms with Crippen molar-refractivity contribution in [3.05, 3.63) is 30.0 Å². The van der Waals surface area contributed by atoms with Gasteiger partial charge in [-0.05, 0) is 25.1 Å². The van der Waals surface area contributed by atoms with Gasteiger partial charge in [0.05, 0.1) is 0 Å². The van der Waals surface area contributed by atoms with Gasteiger partial charge >= 0.3 is 0 Å². The van der Waals surface area contributed by atoms with Crippen molar-refractivity contribution in [2.24, 2.45) is 0 Å². The summed E-state index contributed by atoms with van der Waals surface area (Å²) in [5.41, 5.74) is 0.517. The van der Waals surface area contributed by atoms with Crippen LogP contribution in [0.25, 0.3) is 11.0 Å². The van der Waals surface area contributed by atoms with Crippen LogP contribution in [0.2, 0.25) is 0 Å². The predicted octanol–water partition coefficient (Wildman–Crippen LogP) is 1.01. The largest absolute Gasteiger partial charge is 0.382 e. The van der Waals surface area contributed by atoms with Crippen LogP contribution in [0, 0.1) is 0 Å². The summed E-state index contributed by atoms with van der Waals surface area (Å²) in [5.74, 6) is 0. The number of fused-ring (bicyclic) bond motifs is 1. The fourth-order valence-corrected chi connectivity index (χ4v) is 2.10. The lowest BCUT2D eigenvalue weighted by molar-refractivity contribution is 0.0522. The lowest BCUT2D eigenvalue weighted by Crippen LogP contribution is -2.28. The van der Waals surface area contributed by atoms with Gasteiger partial charge in [0.25, 0.3) is 0 Å². The Balaban J connectivity index is 2.18. The summed E-state index contributed by atoms with van der Waals surface area (Å²) in [7, 11) is 0. The molecule has 3 rings (SSSR count). The van der Waals surface area contributed by atoms with Crippen LogP contribution in [0.3, 0.4) is 0 Å². The quantitative estimate of drug-likeness (QED) is 0.727. The first-order valence-corrected chi connectivity index (χ1v) is 5.08. The normalized spacial score (nSPS) is 26.2. The van der Waals surface area contributed by atoms with Gasteiger partial charge in [-0.2, -0.15) is 0 Å². The van der Waals surface area contributed by atoms with Crippen molar-refractivity contribution in [3.63, 3.8) is 0 Å². The lowest BCUT2D eigenvalue weighted by Gasteiger charge is -2.17. The molecule has 1 unspecified atom stereocenters. The highest BCUT2D eigenvalue weighted by Gasteiger charge is 2.37. The zero-order valence-electron chi connectivity index (χ0n) is 8.23. The molecule has 4 heteroatoms. The zero-order valence-corrected chi connectivity index (χ0v) is 8.23. The summed E-state index contributed by atoms with van der Waals surface area (Å²) >= 11 is 0. The first-order valence-electron chi connectivity index (χ1n) is 5.08. The van der Waals surface area contributed by atoms with Gasteiger partial charge in [0, 0.05) is 11.9 Å². The number of nitrogens with one attached hydrogen (secondary N) is 1. The number of β-amino-alcohol motifs (C(OH)–C–C–N with tert-alkyl or cyclic N) is 1. The smallest absolute Gasteiger partial charge is 0.167 e. The molecule has 0 bridgehead atoms. The molecule has 2 aromatic rings. The molecule has 0 saturated carbocycles. The van der Waals surface area contributed by atoms with Crippen molar-refractivity contribution >= 4 is 11.0 Å². The number of hydrogen-bond donors (Lipinski definition) is 2. The van der Waals surface area contributed by atoms with Crippen LogP contribution in [0.5, 0.6) is 0 Å². The van der Waals surface area contributed by atoms with E-state index in [9.17, 15) is 5.11 Å². The van der Waals surface area contributed by atoms with Gasteiger partial charge in [-0.25, -0.2) is 0 Å². The predicted molar refractivity (Wildman–Crippen MR) is 55.4 cm³/mol. The van der Waals surface area contributed by atoms with Gasteiger partial charge in [0.15, 0.2) is 5.58 Å². The van der Waals surface area contributed by atoms with E-state index >= 15 is 0 Å². The molecule has 1 aromatic carbocycles. The molecule has 0 radical (unpaired) electrons. The highest BCUT2D eigenvalue weighted by molar-refractivity contribution is 5.80.